The summed E-state index contributed by atoms with van der Waals surface area (Å²) in [5.41, 5.74) is -1.03. The molecule has 3 atom stereocenters. The molecule has 0 spiro atoms. The average Bonchev–Trinajstić information content (AvgIpc) is 2.89. The van der Waals surface area contributed by atoms with Crippen molar-refractivity contribution in [2.75, 3.05) is 13.2 Å². The van der Waals surface area contributed by atoms with Crippen molar-refractivity contribution in [2.24, 2.45) is 23.2 Å². The summed E-state index contributed by atoms with van der Waals surface area (Å²) in [4.78, 5) is 24.7. The summed E-state index contributed by atoms with van der Waals surface area (Å²) in [7, 11) is 0. The van der Waals surface area contributed by atoms with Crippen LogP contribution in [-0.2, 0) is 19.1 Å². The molecule has 0 radical (unpaired) electrons. The quantitative estimate of drug-likeness (QED) is 0.570. The molecule has 0 amide bonds. The molecule has 0 aromatic heterocycles. The molecule has 2 rings (SSSR count). The van der Waals surface area contributed by atoms with Crippen LogP contribution in [0.3, 0.4) is 0 Å². The Hall–Kier alpha value is -1.06. The molecule has 0 saturated heterocycles. The fraction of sp³-hybridized carbons (Fsp3) is 0.857. The zero-order valence-corrected chi connectivity index (χ0v) is 11.4. The van der Waals surface area contributed by atoms with Gasteiger partial charge in [-0.25, -0.2) is 0 Å². The highest BCUT2D eigenvalue weighted by atomic mass is 16.6. The van der Waals surface area contributed by atoms with Gasteiger partial charge in [-0.1, -0.05) is 6.92 Å². The first-order valence-corrected chi connectivity index (χ1v) is 6.93. The first-order valence-electron chi connectivity index (χ1n) is 6.93. The Kier molecular flexibility index (Phi) is 3.64. The van der Waals surface area contributed by atoms with Crippen LogP contribution in [0.1, 0.15) is 40.0 Å². The van der Waals surface area contributed by atoms with Gasteiger partial charge in [0, 0.05) is 0 Å². The molecule has 4 heteroatoms. The van der Waals surface area contributed by atoms with E-state index in [4.69, 9.17) is 9.47 Å². The van der Waals surface area contributed by atoms with E-state index < -0.39 is 5.41 Å². The monoisotopic (exact) mass is 254 g/mol. The van der Waals surface area contributed by atoms with Crippen LogP contribution in [0.25, 0.3) is 0 Å². The fourth-order valence-corrected chi connectivity index (χ4v) is 3.92. The maximum Gasteiger partial charge on any atom is 0.324 e. The zero-order valence-electron chi connectivity index (χ0n) is 11.4. The molecule has 2 fully saturated rings. The third-order valence-corrected chi connectivity index (χ3v) is 4.77. The fourth-order valence-electron chi connectivity index (χ4n) is 3.92. The Morgan fingerprint density at radius 2 is 1.67 bits per heavy atom. The summed E-state index contributed by atoms with van der Waals surface area (Å²) >= 11 is 0. The SMILES string of the molecule is CCOC(=O)C1(C(=O)OCC)[C@@H]2CC[C@H](C2)[C@@H]1C. The van der Waals surface area contributed by atoms with E-state index in [0.717, 1.165) is 19.3 Å². The van der Waals surface area contributed by atoms with E-state index in [1.165, 1.54) is 0 Å². The van der Waals surface area contributed by atoms with Gasteiger partial charge < -0.3 is 9.47 Å². The molecular formula is C14H22O4. The highest BCUT2D eigenvalue weighted by molar-refractivity contribution is 6.01. The van der Waals surface area contributed by atoms with Crippen LogP contribution >= 0.6 is 0 Å². The molecule has 2 bridgehead atoms. The second-order valence-corrected chi connectivity index (χ2v) is 5.37. The lowest BCUT2D eigenvalue weighted by atomic mass is 9.66. The standard InChI is InChI=1S/C14H22O4/c1-4-17-12(15)14(13(16)18-5-2)9(3)10-6-7-11(14)8-10/h9-11H,4-8H2,1-3H3/t9-,10+,11+/m0/s1. The Labute approximate surface area is 108 Å². The summed E-state index contributed by atoms with van der Waals surface area (Å²) < 4.78 is 10.4. The first-order chi connectivity index (χ1) is 8.58. The largest absolute Gasteiger partial charge is 0.465 e. The summed E-state index contributed by atoms with van der Waals surface area (Å²) in [6.45, 7) is 6.16. The van der Waals surface area contributed by atoms with Gasteiger partial charge in [-0.3, -0.25) is 9.59 Å². The van der Waals surface area contributed by atoms with Gasteiger partial charge in [0.25, 0.3) is 0 Å². The van der Waals surface area contributed by atoms with Gasteiger partial charge in [0.1, 0.15) is 0 Å². The first kappa shape index (κ1) is 13.4. The molecule has 0 aliphatic heterocycles. The van der Waals surface area contributed by atoms with Gasteiger partial charge in [-0.2, -0.15) is 0 Å². The average molecular weight is 254 g/mol. The molecule has 2 aliphatic carbocycles. The van der Waals surface area contributed by atoms with E-state index in [9.17, 15) is 9.59 Å². The molecule has 18 heavy (non-hydrogen) atoms. The van der Waals surface area contributed by atoms with Crippen LogP contribution in [-0.4, -0.2) is 25.2 Å². The number of hydrogen-bond donors (Lipinski definition) is 0. The van der Waals surface area contributed by atoms with E-state index >= 15 is 0 Å². The predicted octanol–water partition coefficient (Wildman–Crippen LogP) is 2.17. The normalized spacial score (nSPS) is 32.3. The lowest BCUT2D eigenvalue weighted by Crippen LogP contribution is -2.50. The second kappa shape index (κ2) is 4.90. The van der Waals surface area contributed by atoms with E-state index in [2.05, 4.69) is 0 Å². The summed E-state index contributed by atoms with van der Waals surface area (Å²) in [5, 5.41) is 0. The van der Waals surface area contributed by atoms with Crippen molar-refractivity contribution in [3.8, 4) is 0 Å². The van der Waals surface area contributed by atoms with Crippen LogP contribution in [0.15, 0.2) is 0 Å². The summed E-state index contributed by atoms with van der Waals surface area (Å²) in [5.74, 6) is -0.139. The number of rotatable bonds is 4. The summed E-state index contributed by atoms with van der Waals surface area (Å²) in [6, 6.07) is 0. The molecule has 2 saturated carbocycles. The number of ether oxygens (including phenoxy) is 2. The predicted molar refractivity (Wildman–Crippen MR) is 65.7 cm³/mol. The maximum absolute atomic E-state index is 12.4. The summed E-state index contributed by atoms with van der Waals surface area (Å²) in [6.07, 6.45) is 3.01. The molecule has 0 unspecified atom stereocenters. The molecular weight excluding hydrogens is 232 g/mol. The van der Waals surface area contributed by atoms with Crippen molar-refractivity contribution in [3.05, 3.63) is 0 Å². The molecule has 102 valence electrons. The van der Waals surface area contributed by atoms with Gasteiger partial charge in [0.15, 0.2) is 5.41 Å². The van der Waals surface area contributed by atoms with Crippen molar-refractivity contribution in [1.82, 2.24) is 0 Å². The molecule has 0 aromatic rings. The lowest BCUT2D eigenvalue weighted by Gasteiger charge is -2.37. The highest BCUT2D eigenvalue weighted by Gasteiger charge is 2.66. The zero-order chi connectivity index (χ0) is 13.3. The van der Waals surface area contributed by atoms with Crippen LogP contribution in [0.2, 0.25) is 0 Å². The van der Waals surface area contributed by atoms with Crippen molar-refractivity contribution in [2.45, 2.75) is 40.0 Å². The number of esters is 2. The minimum atomic E-state index is -1.03. The van der Waals surface area contributed by atoms with E-state index in [1.807, 2.05) is 6.92 Å². The van der Waals surface area contributed by atoms with Crippen molar-refractivity contribution >= 4 is 11.9 Å². The molecule has 0 N–H and O–H groups in total. The van der Waals surface area contributed by atoms with E-state index in [-0.39, 0.29) is 23.8 Å². The van der Waals surface area contributed by atoms with Gasteiger partial charge in [0.05, 0.1) is 13.2 Å². The molecule has 2 aliphatic rings. The van der Waals surface area contributed by atoms with Crippen LogP contribution in [0.5, 0.6) is 0 Å². The van der Waals surface area contributed by atoms with Gasteiger partial charge in [-0.15, -0.1) is 0 Å². The Bertz CT molecular complexity index is 328. The molecule has 4 nitrogen and oxygen atoms in total. The third-order valence-electron chi connectivity index (χ3n) is 4.77. The topological polar surface area (TPSA) is 52.6 Å². The number of carbonyl (C=O) groups excluding carboxylic acids is 2. The smallest absolute Gasteiger partial charge is 0.324 e. The second-order valence-electron chi connectivity index (χ2n) is 5.37. The van der Waals surface area contributed by atoms with E-state index in [1.54, 1.807) is 13.8 Å². The minimum absolute atomic E-state index is 0.0364. The van der Waals surface area contributed by atoms with Gasteiger partial charge >= 0.3 is 11.9 Å². The Morgan fingerprint density at radius 1 is 1.11 bits per heavy atom. The van der Waals surface area contributed by atoms with Crippen LogP contribution < -0.4 is 0 Å². The highest BCUT2D eigenvalue weighted by Crippen LogP contribution is 2.60. The Morgan fingerprint density at radius 3 is 2.06 bits per heavy atom. The molecule has 0 heterocycles. The van der Waals surface area contributed by atoms with Crippen LogP contribution in [0, 0.1) is 23.2 Å². The van der Waals surface area contributed by atoms with E-state index in [0.29, 0.717) is 19.1 Å². The minimum Gasteiger partial charge on any atom is -0.465 e. The number of fused-ring (bicyclic) bond motifs is 2. The van der Waals surface area contributed by atoms with Gasteiger partial charge in [0.2, 0.25) is 0 Å². The number of carbonyl (C=O) groups is 2. The maximum atomic E-state index is 12.4. The van der Waals surface area contributed by atoms with Crippen molar-refractivity contribution in [1.29, 1.82) is 0 Å². The van der Waals surface area contributed by atoms with Gasteiger partial charge in [-0.05, 0) is 50.9 Å². The molecule has 0 aromatic carbocycles. The van der Waals surface area contributed by atoms with Crippen molar-refractivity contribution < 1.29 is 19.1 Å². The third kappa shape index (κ3) is 1.65. The van der Waals surface area contributed by atoms with Crippen molar-refractivity contribution in [3.63, 3.8) is 0 Å². The Balaban J connectivity index is 2.34. The van der Waals surface area contributed by atoms with Crippen LogP contribution in [0.4, 0.5) is 0 Å². The number of hydrogen-bond acceptors (Lipinski definition) is 4. The lowest BCUT2D eigenvalue weighted by molar-refractivity contribution is -0.180.